The number of hydrogen-bond donors (Lipinski definition) is 3. The van der Waals surface area contributed by atoms with Crippen LogP contribution in [0.1, 0.15) is 15.9 Å². The van der Waals surface area contributed by atoms with Crippen LogP contribution >= 0.6 is 0 Å². The van der Waals surface area contributed by atoms with Crippen molar-refractivity contribution < 1.29 is 18.8 Å². The van der Waals surface area contributed by atoms with Gasteiger partial charge in [-0.05, 0) is 43.3 Å². The molecule has 0 saturated carbocycles. The van der Waals surface area contributed by atoms with Gasteiger partial charge in [-0.25, -0.2) is 9.18 Å². The van der Waals surface area contributed by atoms with Gasteiger partial charge in [-0.1, -0.05) is 17.7 Å². The number of nitrogens with zero attached hydrogens (tertiary/aromatic N) is 2. The Hall–Kier alpha value is -3.46. The summed E-state index contributed by atoms with van der Waals surface area (Å²) in [6.45, 7) is 2.73. The minimum atomic E-state index is -1.12. The fourth-order valence-electron chi connectivity index (χ4n) is 3.21. The van der Waals surface area contributed by atoms with Crippen LogP contribution < -0.4 is 16.4 Å². The lowest BCUT2D eigenvalue weighted by Gasteiger charge is -2.29. The van der Waals surface area contributed by atoms with Gasteiger partial charge in [-0.15, -0.1) is 0 Å². The first-order valence-corrected chi connectivity index (χ1v) is 9.59. The largest absolute Gasteiger partial charge is 0.351 e. The first kappa shape index (κ1) is 21.3. The smallest absolute Gasteiger partial charge is 0.323 e. The summed E-state index contributed by atoms with van der Waals surface area (Å²) in [5.74, 6) is -1.27. The molecule has 0 spiro atoms. The fourth-order valence-corrected chi connectivity index (χ4v) is 3.21. The van der Waals surface area contributed by atoms with Crippen molar-refractivity contribution in [2.75, 3.05) is 31.5 Å². The third kappa shape index (κ3) is 4.74. The number of halogens is 1. The zero-order chi connectivity index (χ0) is 21.7. The molecule has 1 aliphatic rings. The summed E-state index contributed by atoms with van der Waals surface area (Å²) in [4.78, 5) is 41.3. The molecule has 1 unspecified atom stereocenters. The van der Waals surface area contributed by atoms with E-state index in [1.807, 2.05) is 19.1 Å². The SMILES string of the molecule is Cc1ccc(C(=O)N2CCN(C(=O)Nc3ccc(F)cc3)C2C(=O)NCCN)cc1. The molecule has 4 amide bonds. The molecular weight excluding hydrogens is 389 g/mol. The number of anilines is 1. The van der Waals surface area contributed by atoms with Gasteiger partial charge in [0, 0.05) is 37.4 Å². The number of amides is 4. The van der Waals surface area contributed by atoms with Gasteiger partial charge < -0.3 is 21.3 Å². The Morgan fingerprint density at radius 1 is 1.03 bits per heavy atom. The van der Waals surface area contributed by atoms with E-state index in [1.165, 1.54) is 34.1 Å². The minimum Gasteiger partial charge on any atom is -0.351 e. The molecule has 8 nitrogen and oxygen atoms in total. The molecule has 0 aromatic heterocycles. The standard InChI is InChI=1S/C21H24FN5O3/c1-14-2-4-15(5-3-14)20(29)26-12-13-27(19(26)18(28)24-11-10-23)21(30)25-17-8-6-16(22)7-9-17/h2-9,19H,10-13,23H2,1H3,(H,24,28)(H,25,30). The van der Waals surface area contributed by atoms with E-state index in [0.717, 1.165) is 5.56 Å². The second-order valence-corrected chi connectivity index (χ2v) is 6.95. The van der Waals surface area contributed by atoms with Gasteiger partial charge in [0.15, 0.2) is 6.17 Å². The first-order valence-electron chi connectivity index (χ1n) is 9.59. The molecular formula is C21H24FN5O3. The van der Waals surface area contributed by atoms with Crippen LogP contribution in [0.4, 0.5) is 14.9 Å². The predicted octanol–water partition coefficient (Wildman–Crippen LogP) is 1.53. The van der Waals surface area contributed by atoms with Crippen molar-refractivity contribution in [2.45, 2.75) is 13.1 Å². The summed E-state index contributed by atoms with van der Waals surface area (Å²) >= 11 is 0. The molecule has 0 bridgehead atoms. The van der Waals surface area contributed by atoms with E-state index < -0.39 is 23.9 Å². The fraction of sp³-hybridized carbons (Fsp3) is 0.286. The maximum absolute atomic E-state index is 13.1. The lowest BCUT2D eigenvalue weighted by atomic mass is 10.1. The summed E-state index contributed by atoms with van der Waals surface area (Å²) in [5, 5.41) is 5.28. The van der Waals surface area contributed by atoms with Crippen LogP contribution in [-0.2, 0) is 4.79 Å². The minimum absolute atomic E-state index is 0.172. The Labute approximate surface area is 173 Å². The van der Waals surface area contributed by atoms with Crippen LogP contribution in [-0.4, -0.2) is 60.0 Å². The maximum atomic E-state index is 13.1. The molecule has 1 atom stereocenters. The van der Waals surface area contributed by atoms with Crippen molar-refractivity contribution in [1.29, 1.82) is 0 Å². The lowest BCUT2D eigenvalue weighted by Crippen LogP contribution is -2.55. The van der Waals surface area contributed by atoms with Crippen LogP contribution in [0.3, 0.4) is 0 Å². The number of nitrogens with two attached hydrogens (primary N) is 1. The van der Waals surface area contributed by atoms with Gasteiger partial charge in [0.2, 0.25) is 0 Å². The van der Waals surface area contributed by atoms with E-state index in [4.69, 9.17) is 5.73 Å². The van der Waals surface area contributed by atoms with E-state index in [0.29, 0.717) is 11.3 Å². The number of aryl methyl sites for hydroxylation is 1. The number of benzene rings is 2. The number of carbonyl (C=O) groups excluding carboxylic acids is 3. The van der Waals surface area contributed by atoms with Crippen LogP contribution in [0.5, 0.6) is 0 Å². The van der Waals surface area contributed by atoms with Gasteiger partial charge >= 0.3 is 6.03 Å². The molecule has 9 heteroatoms. The lowest BCUT2D eigenvalue weighted by molar-refractivity contribution is -0.127. The molecule has 1 aliphatic heterocycles. The third-order valence-corrected chi connectivity index (χ3v) is 4.77. The molecule has 0 aliphatic carbocycles. The monoisotopic (exact) mass is 413 g/mol. The van der Waals surface area contributed by atoms with Gasteiger partial charge in [-0.2, -0.15) is 0 Å². The molecule has 2 aromatic rings. The number of urea groups is 1. The summed E-state index contributed by atoms with van der Waals surface area (Å²) in [7, 11) is 0. The van der Waals surface area contributed by atoms with Crippen molar-refractivity contribution in [3.63, 3.8) is 0 Å². The Kier molecular flexibility index (Phi) is 6.63. The molecule has 30 heavy (non-hydrogen) atoms. The summed E-state index contributed by atoms with van der Waals surface area (Å²) in [6, 6.07) is 11.7. The molecule has 1 heterocycles. The van der Waals surface area contributed by atoms with Crippen molar-refractivity contribution >= 4 is 23.5 Å². The molecule has 1 saturated heterocycles. The van der Waals surface area contributed by atoms with Gasteiger partial charge in [0.1, 0.15) is 5.82 Å². The highest BCUT2D eigenvalue weighted by Crippen LogP contribution is 2.20. The van der Waals surface area contributed by atoms with Gasteiger partial charge in [-0.3, -0.25) is 14.5 Å². The molecule has 1 fully saturated rings. The summed E-state index contributed by atoms with van der Waals surface area (Å²) < 4.78 is 13.1. The molecule has 4 N–H and O–H groups in total. The quantitative estimate of drug-likeness (QED) is 0.691. The zero-order valence-electron chi connectivity index (χ0n) is 16.6. The number of rotatable bonds is 5. The van der Waals surface area contributed by atoms with E-state index in [2.05, 4.69) is 10.6 Å². The highest BCUT2D eigenvalue weighted by atomic mass is 19.1. The van der Waals surface area contributed by atoms with E-state index in [-0.39, 0.29) is 32.1 Å². The second kappa shape index (κ2) is 9.36. The highest BCUT2D eigenvalue weighted by Gasteiger charge is 2.42. The Morgan fingerprint density at radius 2 is 1.67 bits per heavy atom. The van der Waals surface area contributed by atoms with Crippen LogP contribution in [0, 0.1) is 12.7 Å². The van der Waals surface area contributed by atoms with Gasteiger partial charge in [0.25, 0.3) is 11.8 Å². The van der Waals surface area contributed by atoms with Crippen molar-refractivity contribution in [2.24, 2.45) is 5.73 Å². The first-order chi connectivity index (χ1) is 14.4. The molecule has 0 radical (unpaired) electrons. The van der Waals surface area contributed by atoms with E-state index >= 15 is 0 Å². The van der Waals surface area contributed by atoms with Gasteiger partial charge in [0.05, 0.1) is 0 Å². The number of hydrogen-bond acceptors (Lipinski definition) is 4. The van der Waals surface area contributed by atoms with Crippen molar-refractivity contribution in [3.05, 3.63) is 65.5 Å². The maximum Gasteiger partial charge on any atom is 0.323 e. The Balaban J connectivity index is 1.82. The third-order valence-electron chi connectivity index (χ3n) is 4.77. The van der Waals surface area contributed by atoms with Crippen LogP contribution in [0.2, 0.25) is 0 Å². The van der Waals surface area contributed by atoms with Crippen molar-refractivity contribution in [1.82, 2.24) is 15.1 Å². The topological polar surface area (TPSA) is 108 Å². The number of carbonyl (C=O) groups is 3. The average Bonchev–Trinajstić information content (AvgIpc) is 3.19. The molecule has 158 valence electrons. The van der Waals surface area contributed by atoms with E-state index in [1.54, 1.807) is 12.1 Å². The predicted molar refractivity (Wildman–Crippen MR) is 110 cm³/mol. The normalized spacial score (nSPS) is 15.8. The Morgan fingerprint density at radius 3 is 2.30 bits per heavy atom. The highest BCUT2D eigenvalue weighted by molar-refractivity contribution is 6.00. The Bertz CT molecular complexity index is 917. The second-order valence-electron chi connectivity index (χ2n) is 6.95. The summed E-state index contributed by atoms with van der Waals surface area (Å²) in [6.07, 6.45) is -1.12. The van der Waals surface area contributed by atoms with Crippen LogP contribution in [0.25, 0.3) is 0 Å². The van der Waals surface area contributed by atoms with E-state index in [9.17, 15) is 18.8 Å². The van der Waals surface area contributed by atoms with Crippen molar-refractivity contribution in [3.8, 4) is 0 Å². The zero-order valence-corrected chi connectivity index (χ0v) is 16.6. The molecule has 3 rings (SSSR count). The number of nitrogens with one attached hydrogen (secondary N) is 2. The summed E-state index contributed by atoms with van der Waals surface area (Å²) in [5.41, 5.74) is 7.28. The van der Waals surface area contributed by atoms with Crippen LogP contribution in [0.15, 0.2) is 48.5 Å². The molecule has 2 aromatic carbocycles. The average molecular weight is 413 g/mol.